The number of nitrogens with zero attached hydrogens (tertiary/aromatic N) is 1. The lowest BCUT2D eigenvalue weighted by molar-refractivity contribution is 0.581. The van der Waals surface area contributed by atoms with Crippen molar-refractivity contribution >= 4 is 10.0 Å². The first-order chi connectivity index (χ1) is 9.16. The van der Waals surface area contributed by atoms with Gasteiger partial charge < -0.3 is 5.32 Å². The number of pyridine rings is 1. The van der Waals surface area contributed by atoms with Crippen molar-refractivity contribution in [1.29, 1.82) is 0 Å². The molecule has 0 fully saturated rings. The van der Waals surface area contributed by atoms with Crippen molar-refractivity contribution in [3.8, 4) is 0 Å². The maximum Gasteiger partial charge on any atom is 0.212 e. The highest BCUT2D eigenvalue weighted by molar-refractivity contribution is 7.89. The van der Waals surface area contributed by atoms with Crippen LogP contribution in [0.3, 0.4) is 0 Å². The fraction of sp³-hybridized carbons (Fsp3) is 0.462. The van der Waals surface area contributed by atoms with Gasteiger partial charge in [-0.1, -0.05) is 11.6 Å². The van der Waals surface area contributed by atoms with E-state index in [0.717, 1.165) is 30.6 Å². The number of hydrogen-bond acceptors (Lipinski definition) is 4. The number of rotatable bonds is 6. The molecule has 0 spiro atoms. The van der Waals surface area contributed by atoms with Gasteiger partial charge in [-0.2, -0.15) is 0 Å². The van der Waals surface area contributed by atoms with Gasteiger partial charge in [-0.25, -0.2) is 13.1 Å². The molecule has 0 saturated heterocycles. The number of aryl methyl sites for hydroxylation is 1. The average molecular weight is 281 g/mol. The highest BCUT2D eigenvalue weighted by Gasteiger charge is 2.11. The van der Waals surface area contributed by atoms with Gasteiger partial charge in [0.05, 0.1) is 5.75 Å². The summed E-state index contributed by atoms with van der Waals surface area (Å²) in [5.41, 5.74) is 2.15. The number of hydrogen-bond donors (Lipinski definition) is 2. The summed E-state index contributed by atoms with van der Waals surface area (Å²) in [6.07, 6.45) is 6.82. The van der Waals surface area contributed by atoms with Crippen molar-refractivity contribution in [2.24, 2.45) is 0 Å². The van der Waals surface area contributed by atoms with E-state index >= 15 is 0 Å². The SMILES string of the molecule is O=S(=O)(CCc1ccncc1)NCC1=CCNCC1. The van der Waals surface area contributed by atoms with E-state index < -0.39 is 10.0 Å². The molecule has 2 rings (SSSR count). The van der Waals surface area contributed by atoms with E-state index in [2.05, 4.69) is 21.1 Å². The van der Waals surface area contributed by atoms with Crippen LogP contribution in [0.15, 0.2) is 36.2 Å². The van der Waals surface area contributed by atoms with Crippen molar-refractivity contribution in [3.05, 3.63) is 41.7 Å². The molecule has 0 amide bonds. The van der Waals surface area contributed by atoms with E-state index in [1.165, 1.54) is 0 Å². The average Bonchev–Trinajstić information content (AvgIpc) is 2.46. The smallest absolute Gasteiger partial charge is 0.212 e. The zero-order chi connectivity index (χ0) is 13.6. The van der Waals surface area contributed by atoms with Crippen LogP contribution < -0.4 is 10.0 Å². The Morgan fingerprint density at radius 3 is 2.79 bits per heavy atom. The lowest BCUT2D eigenvalue weighted by Gasteiger charge is -2.14. The molecular formula is C13H19N3O2S. The van der Waals surface area contributed by atoms with Crippen LogP contribution in [0, 0.1) is 0 Å². The van der Waals surface area contributed by atoms with Crippen molar-refractivity contribution < 1.29 is 8.42 Å². The van der Waals surface area contributed by atoms with Crippen LogP contribution in [0.25, 0.3) is 0 Å². The quantitative estimate of drug-likeness (QED) is 0.743. The molecule has 1 aliphatic heterocycles. The summed E-state index contributed by atoms with van der Waals surface area (Å²) in [7, 11) is -3.21. The third kappa shape index (κ3) is 5.10. The molecule has 2 heterocycles. The second-order valence-electron chi connectivity index (χ2n) is 4.56. The van der Waals surface area contributed by atoms with E-state index in [9.17, 15) is 8.42 Å². The van der Waals surface area contributed by atoms with Crippen LogP contribution in [0.4, 0.5) is 0 Å². The van der Waals surface area contributed by atoms with Gasteiger partial charge in [0.25, 0.3) is 0 Å². The van der Waals surface area contributed by atoms with E-state index in [4.69, 9.17) is 0 Å². The Bertz CT molecular complexity index is 526. The summed E-state index contributed by atoms with van der Waals surface area (Å²) in [4.78, 5) is 3.91. The van der Waals surface area contributed by atoms with Crippen LogP contribution in [0.5, 0.6) is 0 Å². The Kier molecular flexibility index (Phi) is 5.07. The van der Waals surface area contributed by atoms with Crippen LogP contribution in [0.1, 0.15) is 12.0 Å². The molecule has 0 bridgehead atoms. The molecule has 0 aliphatic carbocycles. The molecule has 5 nitrogen and oxygen atoms in total. The van der Waals surface area contributed by atoms with Crippen molar-refractivity contribution in [3.63, 3.8) is 0 Å². The molecule has 2 N–H and O–H groups in total. The maximum atomic E-state index is 11.9. The van der Waals surface area contributed by atoms with E-state index in [0.29, 0.717) is 13.0 Å². The zero-order valence-corrected chi connectivity index (χ0v) is 11.6. The number of nitrogens with one attached hydrogen (secondary N) is 2. The number of sulfonamides is 1. The van der Waals surface area contributed by atoms with Crippen LogP contribution in [-0.4, -0.2) is 38.8 Å². The molecule has 19 heavy (non-hydrogen) atoms. The topological polar surface area (TPSA) is 71.1 Å². The van der Waals surface area contributed by atoms with Gasteiger partial charge in [-0.15, -0.1) is 0 Å². The lowest BCUT2D eigenvalue weighted by Crippen LogP contribution is -2.31. The van der Waals surface area contributed by atoms with Crippen molar-refractivity contribution in [2.75, 3.05) is 25.4 Å². The molecule has 0 unspecified atom stereocenters. The van der Waals surface area contributed by atoms with Gasteiger partial charge in [0.1, 0.15) is 0 Å². The zero-order valence-electron chi connectivity index (χ0n) is 10.8. The molecule has 1 aliphatic rings. The molecular weight excluding hydrogens is 262 g/mol. The summed E-state index contributed by atoms with van der Waals surface area (Å²) in [5.74, 6) is 0.114. The third-order valence-corrected chi connectivity index (χ3v) is 4.41. The Balaban J connectivity index is 1.80. The second-order valence-corrected chi connectivity index (χ2v) is 6.49. The first-order valence-corrected chi connectivity index (χ1v) is 8.06. The fourth-order valence-corrected chi connectivity index (χ4v) is 2.96. The minimum absolute atomic E-state index is 0.114. The first-order valence-electron chi connectivity index (χ1n) is 6.40. The molecule has 0 aromatic carbocycles. The molecule has 0 radical (unpaired) electrons. The molecule has 1 aromatic heterocycles. The Labute approximate surface area is 114 Å². The normalized spacial score (nSPS) is 16.1. The highest BCUT2D eigenvalue weighted by atomic mass is 32.2. The summed E-state index contributed by atoms with van der Waals surface area (Å²) >= 11 is 0. The summed E-state index contributed by atoms with van der Waals surface area (Å²) in [6, 6.07) is 3.68. The molecule has 0 atom stereocenters. The largest absolute Gasteiger partial charge is 0.313 e. The van der Waals surface area contributed by atoms with Gasteiger partial charge >= 0.3 is 0 Å². The van der Waals surface area contributed by atoms with Crippen LogP contribution in [0.2, 0.25) is 0 Å². The van der Waals surface area contributed by atoms with Gasteiger partial charge in [-0.05, 0) is 37.1 Å². The fourth-order valence-electron chi connectivity index (χ4n) is 1.91. The highest BCUT2D eigenvalue weighted by Crippen LogP contribution is 2.04. The first kappa shape index (κ1) is 14.2. The van der Waals surface area contributed by atoms with Gasteiger partial charge in [-0.3, -0.25) is 4.98 Å². The molecule has 1 aromatic rings. The molecule has 0 saturated carbocycles. The number of aromatic nitrogens is 1. The minimum atomic E-state index is -3.21. The Hall–Kier alpha value is -1.24. The molecule has 6 heteroatoms. The molecule has 104 valence electrons. The maximum absolute atomic E-state index is 11.9. The lowest BCUT2D eigenvalue weighted by atomic mass is 10.1. The Morgan fingerprint density at radius 1 is 1.32 bits per heavy atom. The predicted molar refractivity (Wildman–Crippen MR) is 75.3 cm³/mol. The summed E-state index contributed by atoms with van der Waals surface area (Å²) in [5, 5.41) is 3.20. The van der Waals surface area contributed by atoms with E-state index in [1.54, 1.807) is 12.4 Å². The summed E-state index contributed by atoms with van der Waals surface area (Å²) in [6.45, 7) is 2.18. The predicted octanol–water partition coefficient (Wildman–Crippen LogP) is 0.463. The second kappa shape index (κ2) is 6.79. The van der Waals surface area contributed by atoms with Gasteiger partial charge in [0.15, 0.2) is 0 Å². The van der Waals surface area contributed by atoms with Crippen LogP contribution >= 0.6 is 0 Å². The van der Waals surface area contributed by atoms with Gasteiger partial charge in [0.2, 0.25) is 10.0 Å². The van der Waals surface area contributed by atoms with E-state index in [1.807, 2.05) is 12.1 Å². The third-order valence-electron chi connectivity index (χ3n) is 3.09. The minimum Gasteiger partial charge on any atom is -0.313 e. The summed E-state index contributed by atoms with van der Waals surface area (Å²) < 4.78 is 26.4. The van der Waals surface area contributed by atoms with Crippen molar-refractivity contribution in [2.45, 2.75) is 12.8 Å². The standard InChI is InChI=1S/C13H19N3O2S/c17-19(18,10-5-12-1-6-14-7-2-12)16-11-13-3-8-15-9-4-13/h1-3,6-7,15-16H,4-5,8-11H2. The Morgan fingerprint density at radius 2 is 2.11 bits per heavy atom. The van der Waals surface area contributed by atoms with Gasteiger partial charge in [0, 0.05) is 25.5 Å². The van der Waals surface area contributed by atoms with E-state index in [-0.39, 0.29) is 5.75 Å². The van der Waals surface area contributed by atoms with Crippen molar-refractivity contribution in [1.82, 2.24) is 15.0 Å². The van der Waals surface area contributed by atoms with Crippen LogP contribution in [-0.2, 0) is 16.4 Å². The monoisotopic (exact) mass is 281 g/mol.